The third-order valence-corrected chi connectivity index (χ3v) is 4.96. The number of nitrogens with two attached hydrogens (primary N) is 1. The molecule has 19 heavy (non-hydrogen) atoms. The van der Waals surface area contributed by atoms with Gasteiger partial charge in [0.1, 0.15) is 5.82 Å². The third kappa shape index (κ3) is 2.22. The van der Waals surface area contributed by atoms with E-state index in [9.17, 15) is 4.79 Å². The Morgan fingerprint density at radius 3 is 3.05 bits per heavy atom. The number of nitrogen functional groups attached to an aromatic ring is 1. The van der Waals surface area contributed by atoms with Crippen LogP contribution in [0, 0.1) is 0 Å². The number of aromatic nitrogens is 2. The quantitative estimate of drug-likeness (QED) is 0.777. The minimum atomic E-state index is -0.0725. The summed E-state index contributed by atoms with van der Waals surface area (Å²) in [6.45, 7) is 0.393. The van der Waals surface area contributed by atoms with Gasteiger partial charge in [-0.25, -0.2) is 0 Å². The molecule has 1 amide bonds. The number of fused-ring (bicyclic) bond motifs is 1. The van der Waals surface area contributed by atoms with E-state index in [-0.39, 0.29) is 5.91 Å². The van der Waals surface area contributed by atoms with Gasteiger partial charge in [-0.3, -0.25) is 9.48 Å². The number of anilines is 1. The number of hydrogen-bond donors (Lipinski definition) is 2. The molecule has 0 saturated carbocycles. The number of carbonyl (C=O) groups is 1. The molecule has 0 aliphatic carbocycles. The Labute approximate surface area is 117 Å². The fourth-order valence-electron chi connectivity index (χ4n) is 1.77. The van der Waals surface area contributed by atoms with Crippen LogP contribution in [0.2, 0.25) is 0 Å². The largest absolute Gasteiger partial charge is 0.384 e. The zero-order valence-corrected chi connectivity index (χ0v) is 11.8. The lowest BCUT2D eigenvalue weighted by Gasteiger charge is -2.02. The van der Waals surface area contributed by atoms with Crippen molar-refractivity contribution >= 4 is 43.8 Å². The predicted octanol–water partition coefficient (Wildman–Crippen LogP) is 2.21. The third-order valence-electron chi connectivity index (χ3n) is 2.87. The molecule has 7 heteroatoms. The van der Waals surface area contributed by atoms with Crippen molar-refractivity contribution in [1.82, 2.24) is 15.1 Å². The zero-order valence-electron chi connectivity index (χ0n) is 10.2. The fourth-order valence-corrected chi connectivity index (χ4v) is 3.79. The van der Waals surface area contributed by atoms with Gasteiger partial charge in [-0.2, -0.15) is 5.10 Å². The summed E-state index contributed by atoms with van der Waals surface area (Å²) in [6, 6.07) is 3.95. The Morgan fingerprint density at radius 2 is 2.37 bits per heavy atom. The highest BCUT2D eigenvalue weighted by molar-refractivity contribution is 7.27. The molecule has 0 spiro atoms. The molecule has 0 radical (unpaired) electrons. The molecule has 3 aromatic heterocycles. The van der Waals surface area contributed by atoms with Crippen molar-refractivity contribution in [3.63, 3.8) is 0 Å². The second-order valence-corrected chi connectivity index (χ2v) is 6.15. The normalized spacial score (nSPS) is 11.0. The van der Waals surface area contributed by atoms with Gasteiger partial charge >= 0.3 is 0 Å². The number of rotatable bonds is 3. The molecule has 3 rings (SSSR count). The highest BCUT2D eigenvalue weighted by atomic mass is 32.1. The van der Waals surface area contributed by atoms with E-state index >= 15 is 0 Å². The van der Waals surface area contributed by atoms with Crippen LogP contribution in [-0.4, -0.2) is 15.7 Å². The lowest BCUT2D eigenvalue weighted by molar-refractivity contribution is 0.0955. The maximum atomic E-state index is 12.0. The molecule has 3 N–H and O–H groups in total. The van der Waals surface area contributed by atoms with E-state index in [0.29, 0.717) is 12.4 Å². The molecule has 3 aromatic rings. The van der Waals surface area contributed by atoms with E-state index in [1.807, 2.05) is 17.5 Å². The number of thiophene rings is 2. The SMILES string of the molecule is Cn1ncc(CNC(=O)c2cc3sccc3s2)c1N. The first-order valence-corrected chi connectivity index (χ1v) is 7.36. The van der Waals surface area contributed by atoms with Crippen molar-refractivity contribution in [3.8, 4) is 0 Å². The van der Waals surface area contributed by atoms with Crippen LogP contribution in [0.1, 0.15) is 15.2 Å². The summed E-state index contributed by atoms with van der Waals surface area (Å²) in [5.41, 5.74) is 6.65. The summed E-state index contributed by atoms with van der Waals surface area (Å²) in [6.07, 6.45) is 1.67. The summed E-state index contributed by atoms with van der Waals surface area (Å²) in [7, 11) is 1.77. The van der Waals surface area contributed by atoms with Gasteiger partial charge in [0.25, 0.3) is 5.91 Å². The van der Waals surface area contributed by atoms with Crippen LogP contribution in [0.5, 0.6) is 0 Å². The van der Waals surface area contributed by atoms with Crippen molar-refractivity contribution in [3.05, 3.63) is 34.2 Å². The van der Waals surface area contributed by atoms with Gasteiger partial charge in [0.05, 0.1) is 11.1 Å². The Balaban J connectivity index is 1.71. The van der Waals surface area contributed by atoms with Crippen LogP contribution in [0.15, 0.2) is 23.7 Å². The van der Waals surface area contributed by atoms with E-state index in [4.69, 9.17) is 5.73 Å². The molecular formula is C12H12N4OS2. The topological polar surface area (TPSA) is 72.9 Å². The summed E-state index contributed by atoms with van der Waals surface area (Å²) in [5.74, 6) is 0.504. The summed E-state index contributed by atoms with van der Waals surface area (Å²) in [5, 5.41) is 8.93. The Bertz CT molecular complexity index is 711. The minimum Gasteiger partial charge on any atom is -0.384 e. The number of nitrogens with zero attached hydrogens (tertiary/aromatic N) is 2. The maximum Gasteiger partial charge on any atom is 0.261 e. The first-order chi connectivity index (χ1) is 9.15. The molecule has 0 aromatic carbocycles. The highest BCUT2D eigenvalue weighted by Gasteiger charge is 2.12. The predicted molar refractivity (Wildman–Crippen MR) is 78.5 cm³/mol. The number of hydrogen-bond acceptors (Lipinski definition) is 5. The fraction of sp³-hybridized carbons (Fsp3) is 0.167. The van der Waals surface area contributed by atoms with Crippen molar-refractivity contribution in [2.45, 2.75) is 6.54 Å². The van der Waals surface area contributed by atoms with Gasteiger partial charge in [0.15, 0.2) is 0 Å². The summed E-state index contributed by atoms with van der Waals surface area (Å²) in [4.78, 5) is 12.8. The number of carbonyl (C=O) groups excluding carboxylic acids is 1. The second-order valence-electron chi connectivity index (χ2n) is 4.12. The van der Waals surface area contributed by atoms with Crippen LogP contribution in [0.3, 0.4) is 0 Å². The molecule has 0 aliphatic heterocycles. The van der Waals surface area contributed by atoms with Crippen molar-refractivity contribution < 1.29 is 4.79 Å². The lowest BCUT2D eigenvalue weighted by atomic mass is 10.3. The average Bonchev–Trinajstić information content (AvgIpc) is 3.04. The lowest BCUT2D eigenvalue weighted by Crippen LogP contribution is -2.22. The molecule has 0 unspecified atom stereocenters. The molecular weight excluding hydrogens is 280 g/mol. The summed E-state index contributed by atoms with van der Waals surface area (Å²) < 4.78 is 3.88. The zero-order chi connectivity index (χ0) is 13.4. The molecule has 0 bridgehead atoms. The van der Waals surface area contributed by atoms with Gasteiger partial charge in [0.2, 0.25) is 0 Å². The van der Waals surface area contributed by atoms with Gasteiger partial charge in [-0.15, -0.1) is 22.7 Å². The molecule has 0 atom stereocenters. The Kier molecular flexibility index (Phi) is 3.00. The van der Waals surface area contributed by atoms with E-state index in [1.165, 1.54) is 11.3 Å². The highest BCUT2D eigenvalue weighted by Crippen LogP contribution is 2.29. The van der Waals surface area contributed by atoms with E-state index in [0.717, 1.165) is 19.8 Å². The first-order valence-electron chi connectivity index (χ1n) is 5.67. The van der Waals surface area contributed by atoms with Crippen LogP contribution in [0.25, 0.3) is 9.40 Å². The molecule has 5 nitrogen and oxygen atoms in total. The second kappa shape index (κ2) is 4.67. The van der Waals surface area contributed by atoms with Gasteiger partial charge in [-0.1, -0.05) is 0 Å². The molecule has 0 aliphatic rings. The van der Waals surface area contributed by atoms with Gasteiger partial charge in [-0.05, 0) is 17.5 Å². The number of nitrogens with one attached hydrogen (secondary N) is 1. The maximum absolute atomic E-state index is 12.0. The van der Waals surface area contributed by atoms with Crippen LogP contribution in [-0.2, 0) is 13.6 Å². The average molecular weight is 292 g/mol. The van der Waals surface area contributed by atoms with Crippen molar-refractivity contribution in [2.24, 2.45) is 7.05 Å². The van der Waals surface area contributed by atoms with Crippen LogP contribution in [0.4, 0.5) is 5.82 Å². The molecule has 0 saturated heterocycles. The van der Waals surface area contributed by atoms with E-state index in [1.54, 1.807) is 29.3 Å². The number of amides is 1. The van der Waals surface area contributed by atoms with E-state index < -0.39 is 0 Å². The van der Waals surface area contributed by atoms with Crippen LogP contribution >= 0.6 is 22.7 Å². The standard InChI is InChI=1S/C12H12N4OS2/c1-16-11(13)7(6-15-16)5-14-12(17)10-4-9-8(19-10)2-3-18-9/h2-4,6H,5,13H2,1H3,(H,14,17). The number of aryl methyl sites for hydroxylation is 1. The summed E-state index contributed by atoms with van der Waals surface area (Å²) >= 11 is 3.15. The van der Waals surface area contributed by atoms with Gasteiger partial charge in [0, 0.05) is 28.6 Å². The van der Waals surface area contributed by atoms with Gasteiger partial charge < -0.3 is 11.1 Å². The van der Waals surface area contributed by atoms with E-state index in [2.05, 4.69) is 10.4 Å². The van der Waals surface area contributed by atoms with Crippen molar-refractivity contribution in [2.75, 3.05) is 5.73 Å². The van der Waals surface area contributed by atoms with Crippen LogP contribution < -0.4 is 11.1 Å². The molecule has 98 valence electrons. The first kappa shape index (κ1) is 12.2. The minimum absolute atomic E-state index is 0.0725. The van der Waals surface area contributed by atoms with Crippen molar-refractivity contribution in [1.29, 1.82) is 0 Å². The smallest absolute Gasteiger partial charge is 0.261 e. The Morgan fingerprint density at radius 1 is 1.53 bits per heavy atom. The molecule has 3 heterocycles. The Hall–Kier alpha value is -1.86. The monoisotopic (exact) mass is 292 g/mol. The molecule has 0 fully saturated rings.